The predicted molar refractivity (Wildman–Crippen MR) is 77.7 cm³/mol. The van der Waals surface area contributed by atoms with Gasteiger partial charge in [0.1, 0.15) is 0 Å². The number of carbonyl (C=O) groups is 4. The maximum Gasteiger partial charge on any atom is 0.330 e. The summed E-state index contributed by atoms with van der Waals surface area (Å²) >= 11 is 0. The van der Waals surface area contributed by atoms with Crippen molar-refractivity contribution in [3.63, 3.8) is 0 Å². The van der Waals surface area contributed by atoms with Gasteiger partial charge in [0, 0.05) is 6.54 Å². The molecule has 1 fully saturated rings. The van der Waals surface area contributed by atoms with Gasteiger partial charge < -0.3 is 5.32 Å². The molecule has 1 saturated heterocycles. The van der Waals surface area contributed by atoms with Gasteiger partial charge in [-0.2, -0.15) is 0 Å². The van der Waals surface area contributed by atoms with E-state index in [0.717, 1.165) is 6.92 Å². The van der Waals surface area contributed by atoms with E-state index >= 15 is 0 Å². The smallest absolute Gasteiger partial charge is 0.330 e. The van der Waals surface area contributed by atoms with Crippen LogP contribution in [0, 0.1) is 23.3 Å². The van der Waals surface area contributed by atoms with E-state index in [-0.39, 0.29) is 12.6 Å². The summed E-state index contributed by atoms with van der Waals surface area (Å²) in [5.41, 5.74) is -3.59. The number of urea groups is 1. The molecule has 0 bridgehead atoms. The lowest BCUT2D eigenvalue weighted by Crippen LogP contribution is -2.72. The highest BCUT2D eigenvalue weighted by molar-refractivity contribution is 6.23. The van der Waals surface area contributed by atoms with Crippen molar-refractivity contribution in [2.75, 3.05) is 6.54 Å². The van der Waals surface area contributed by atoms with E-state index < -0.39 is 58.1 Å². The number of rotatable bonds is 4. The Morgan fingerprint density at radius 2 is 1.77 bits per heavy atom. The number of carbonyl (C=O) groups excluding carboxylic acids is 4. The SMILES string of the molecule is CCCN1C(=O)NC(=O)C(C)(NC(=O)c2cc(F)c(F)c(F)c2F)C1=O. The molecule has 2 rings (SSSR count). The third kappa shape index (κ3) is 3.00. The van der Waals surface area contributed by atoms with Gasteiger partial charge in [-0.05, 0) is 19.4 Å². The molecule has 0 saturated carbocycles. The molecule has 1 aromatic carbocycles. The van der Waals surface area contributed by atoms with Crippen molar-refractivity contribution in [1.29, 1.82) is 0 Å². The van der Waals surface area contributed by atoms with Gasteiger partial charge in [-0.15, -0.1) is 0 Å². The van der Waals surface area contributed by atoms with E-state index in [1.165, 1.54) is 0 Å². The zero-order valence-corrected chi connectivity index (χ0v) is 13.6. The normalized spacial score (nSPS) is 20.2. The Morgan fingerprint density at radius 1 is 1.15 bits per heavy atom. The van der Waals surface area contributed by atoms with Gasteiger partial charge in [0.15, 0.2) is 28.8 Å². The minimum atomic E-state index is -2.34. The van der Waals surface area contributed by atoms with Gasteiger partial charge in [0.25, 0.3) is 17.7 Å². The van der Waals surface area contributed by atoms with Crippen molar-refractivity contribution in [3.8, 4) is 0 Å². The molecule has 5 amide bonds. The Labute approximate surface area is 144 Å². The standard InChI is InChI=1S/C15H13F4N3O4/c1-3-4-22-13(25)15(2,12(24)20-14(22)26)21-11(23)6-5-7(16)9(18)10(19)8(6)17/h5H,3-4H2,1-2H3,(H,21,23)(H,20,24,26). The first-order valence-electron chi connectivity index (χ1n) is 7.37. The Hall–Kier alpha value is -2.98. The molecule has 1 unspecified atom stereocenters. The first-order valence-corrected chi connectivity index (χ1v) is 7.37. The number of benzene rings is 1. The third-order valence-electron chi connectivity index (χ3n) is 3.75. The van der Waals surface area contributed by atoms with Gasteiger partial charge in [0.2, 0.25) is 0 Å². The minimum Gasteiger partial charge on any atom is -0.330 e. The summed E-state index contributed by atoms with van der Waals surface area (Å²) < 4.78 is 53.3. The Kier molecular flexibility index (Phi) is 5.01. The third-order valence-corrected chi connectivity index (χ3v) is 3.75. The van der Waals surface area contributed by atoms with Crippen molar-refractivity contribution in [1.82, 2.24) is 15.5 Å². The molecule has 140 valence electrons. The summed E-state index contributed by atoms with van der Waals surface area (Å²) in [6.07, 6.45) is 0.348. The lowest BCUT2D eigenvalue weighted by Gasteiger charge is -2.37. The van der Waals surface area contributed by atoms with Crippen LogP contribution in [0.1, 0.15) is 30.6 Å². The molecule has 1 heterocycles. The van der Waals surface area contributed by atoms with E-state index in [1.807, 2.05) is 10.6 Å². The molecule has 0 radical (unpaired) electrons. The molecule has 7 nitrogen and oxygen atoms in total. The quantitative estimate of drug-likeness (QED) is 0.358. The van der Waals surface area contributed by atoms with Crippen molar-refractivity contribution in [3.05, 3.63) is 34.9 Å². The Morgan fingerprint density at radius 3 is 2.35 bits per heavy atom. The number of hydrogen-bond donors (Lipinski definition) is 2. The molecule has 0 aliphatic carbocycles. The summed E-state index contributed by atoms with van der Waals surface area (Å²) in [5, 5.41) is 3.69. The topological polar surface area (TPSA) is 95.6 Å². The second-order valence-corrected chi connectivity index (χ2v) is 5.64. The fraction of sp³-hybridized carbons (Fsp3) is 0.333. The van der Waals surface area contributed by atoms with Crippen LogP contribution in [0.15, 0.2) is 6.07 Å². The second-order valence-electron chi connectivity index (χ2n) is 5.64. The van der Waals surface area contributed by atoms with Crippen LogP contribution in [0.4, 0.5) is 22.4 Å². The zero-order valence-electron chi connectivity index (χ0n) is 13.6. The van der Waals surface area contributed by atoms with Crippen LogP contribution >= 0.6 is 0 Å². The van der Waals surface area contributed by atoms with Gasteiger partial charge in [0.05, 0.1) is 5.56 Å². The Bertz CT molecular complexity index is 830. The number of nitrogens with zero attached hydrogens (tertiary/aromatic N) is 1. The van der Waals surface area contributed by atoms with Crippen LogP contribution in [0.25, 0.3) is 0 Å². The van der Waals surface area contributed by atoms with Crippen LogP contribution in [0.2, 0.25) is 0 Å². The van der Waals surface area contributed by atoms with E-state index in [2.05, 4.69) is 0 Å². The average molecular weight is 375 g/mol. The van der Waals surface area contributed by atoms with E-state index in [0.29, 0.717) is 11.3 Å². The largest absolute Gasteiger partial charge is 0.330 e. The van der Waals surface area contributed by atoms with Crippen LogP contribution in [-0.2, 0) is 9.59 Å². The summed E-state index contributed by atoms with van der Waals surface area (Å²) in [6.45, 7) is 2.51. The monoisotopic (exact) mass is 375 g/mol. The van der Waals surface area contributed by atoms with Crippen molar-refractivity contribution in [2.24, 2.45) is 0 Å². The van der Waals surface area contributed by atoms with Gasteiger partial charge in [-0.1, -0.05) is 6.92 Å². The molecule has 0 spiro atoms. The van der Waals surface area contributed by atoms with Gasteiger partial charge in [-0.25, -0.2) is 22.4 Å². The molecule has 1 atom stereocenters. The number of imide groups is 2. The average Bonchev–Trinajstić information content (AvgIpc) is 2.58. The highest BCUT2D eigenvalue weighted by Crippen LogP contribution is 2.21. The molecule has 1 aromatic rings. The molecule has 1 aliphatic heterocycles. The van der Waals surface area contributed by atoms with E-state index in [1.54, 1.807) is 6.92 Å². The molecule has 2 N–H and O–H groups in total. The minimum absolute atomic E-state index is 0.0719. The van der Waals surface area contributed by atoms with Crippen molar-refractivity contribution in [2.45, 2.75) is 25.8 Å². The van der Waals surface area contributed by atoms with Gasteiger partial charge >= 0.3 is 6.03 Å². The Balaban J connectivity index is 2.40. The molecule has 11 heteroatoms. The summed E-state index contributed by atoms with van der Waals surface area (Å²) in [5.74, 6) is -12.0. The van der Waals surface area contributed by atoms with E-state index in [4.69, 9.17) is 0 Å². The van der Waals surface area contributed by atoms with Crippen molar-refractivity contribution >= 4 is 23.8 Å². The fourth-order valence-electron chi connectivity index (χ4n) is 2.32. The van der Waals surface area contributed by atoms with Crippen LogP contribution in [0.3, 0.4) is 0 Å². The molecule has 26 heavy (non-hydrogen) atoms. The first kappa shape index (κ1) is 19.3. The number of halogens is 4. The number of hydrogen-bond acceptors (Lipinski definition) is 4. The summed E-state index contributed by atoms with van der Waals surface area (Å²) in [4.78, 5) is 49.0. The fourth-order valence-corrected chi connectivity index (χ4v) is 2.32. The maximum absolute atomic E-state index is 13.7. The van der Waals surface area contributed by atoms with Gasteiger partial charge in [-0.3, -0.25) is 24.6 Å². The van der Waals surface area contributed by atoms with Crippen LogP contribution in [0.5, 0.6) is 0 Å². The van der Waals surface area contributed by atoms with Crippen LogP contribution < -0.4 is 10.6 Å². The number of nitrogens with one attached hydrogen (secondary N) is 2. The molecule has 0 aromatic heterocycles. The second kappa shape index (κ2) is 6.73. The summed E-state index contributed by atoms with van der Waals surface area (Å²) in [6, 6.07) is -0.911. The lowest BCUT2D eigenvalue weighted by molar-refractivity contribution is -0.145. The molecular formula is C15H13F4N3O4. The summed E-state index contributed by atoms with van der Waals surface area (Å²) in [7, 11) is 0. The predicted octanol–water partition coefficient (Wildman–Crippen LogP) is 1.22. The highest BCUT2D eigenvalue weighted by Gasteiger charge is 2.51. The molecule has 1 aliphatic rings. The van der Waals surface area contributed by atoms with Crippen molar-refractivity contribution < 1.29 is 36.7 Å². The lowest BCUT2D eigenvalue weighted by atomic mass is 9.96. The van der Waals surface area contributed by atoms with E-state index in [9.17, 15) is 36.7 Å². The zero-order chi connectivity index (χ0) is 19.8. The highest BCUT2D eigenvalue weighted by atomic mass is 19.2. The number of amides is 5. The van der Waals surface area contributed by atoms with Crippen LogP contribution in [-0.4, -0.2) is 40.7 Å². The first-order chi connectivity index (χ1) is 12.0. The molecular weight excluding hydrogens is 362 g/mol. The number of barbiturate groups is 1. The maximum atomic E-state index is 13.7.